The van der Waals surface area contributed by atoms with Gasteiger partial charge in [0.2, 0.25) is 0 Å². The lowest BCUT2D eigenvalue weighted by Crippen LogP contribution is -2.25. The number of nitrogens with zero attached hydrogens (tertiary/aromatic N) is 2. The standard InChI is InChI=1S/2C11H15NOS/c2*1-8-6-5-7-9(2)10(8)13-11(14)12(3)4/h2*5-7H,1-4H3. The van der Waals surface area contributed by atoms with E-state index in [4.69, 9.17) is 33.9 Å². The maximum Gasteiger partial charge on any atom is 0.264 e. The van der Waals surface area contributed by atoms with E-state index >= 15 is 0 Å². The second kappa shape index (κ2) is 11.0. The lowest BCUT2D eigenvalue weighted by Gasteiger charge is -2.16. The summed E-state index contributed by atoms with van der Waals surface area (Å²) in [4.78, 5) is 3.56. The van der Waals surface area contributed by atoms with Crippen molar-refractivity contribution < 1.29 is 9.47 Å². The van der Waals surface area contributed by atoms with E-state index < -0.39 is 0 Å². The Kier molecular flexibility index (Phi) is 9.35. The first-order valence-electron chi connectivity index (χ1n) is 8.95. The molecule has 2 aromatic carbocycles. The van der Waals surface area contributed by atoms with Crippen molar-refractivity contribution in [3.63, 3.8) is 0 Å². The first-order chi connectivity index (χ1) is 13.0. The second-order valence-electron chi connectivity index (χ2n) is 6.97. The first-order valence-corrected chi connectivity index (χ1v) is 9.77. The van der Waals surface area contributed by atoms with Gasteiger partial charge < -0.3 is 19.3 Å². The molecule has 4 nitrogen and oxygen atoms in total. The van der Waals surface area contributed by atoms with Gasteiger partial charge in [-0.15, -0.1) is 0 Å². The summed E-state index contributed by atoms with van der Waals surface area (Å²) in [5, 5.41) is 0.977. The van der Waals surface area contributed by atoms with Crippen LogP contribution in [-0.2, 0) is 0 Å². The molecule has 0 amide bonds. The Bertz CT molecular complexity index is 723. The molecule has 0 radical (unpaired) electrons. The van der Waals surface area contributed by atoms with Crippen LogP contribution in [0.15, 0.2) is 36.4 Å². The number of hydrogen-bond acceptors (Lipinski definition) is 4. The highest BCUT2D eigenvalue weighted by molar-refractivity contribution is 7.80. The van der Waals surface area contributed by atoms with Gasteiger partial charge in [0.15, 0.2) is 0 Å². The Morgan fingerprint density at radius 2 is 0.857 bits per heavy atom. The molecule has 2 rings (SSSR count). The van der Waals surface area contributed by atoms with Gasteiger partial charge >= 0.3 is 0 Å². The molecule has 0 spiro atoms. The molecule has 152 valence electrons. The fourth-order valence-electron chi connectivity index (χ4n) is 2.28. The van der Waals surface area contributed by atoms with Gasteiger partial charge in [-0.25, -0.2) is 0 Å². The van der Waals surface area contributed by atoms with E-state index in [1.165, 1.54) is 0 Å². The van der Waals surface area contributed by atoms with E-state index in [1.807, 2.05) is 92.3 Å². The third kappa shape index (κ3) is 7.09. The van der Waals surface area contributed by atoms with Crippen LogP contribution in [0.3, 0.4) is 0 Å². The van der Waals surface area contributed by atoms with Gasteiger partial charge in [-0.05, 0) is 74.4 Å². The van der Waals surface area contributed by atoms with Crippen molar-refractivity contribution >= 4 is 34.8 Å². The van der Waals surface area contributed by atoms with E-state index in [9.17, 15) is 0 Å². The van der Waals surface area contributed by atoms with Crippen LogP contribution in [0.4, 0.5) is 0 Å². The molecule has 0 aliphatic carbocycles. The van der Waals surface area contributed by atoms with Crippen molar-refractivity contribution in [3.8, 4) is 11.5 Å². The summed E-state index contributed by atoms with van der Waals surface area (Å²) in [5.74, 6) is 1.73. The van der Waals surface area contributed by atoms with Crippen molar-refractivity contribution in [2.75, 3.05) is 28.2 Å². The summed E-state index contributed by atoms with van der Waals surface area (Å²) in [5.41, 5.74) is 4.42. The minimum atomic E-state index is 0.488. The zero-order valence-corrected chi connectivity index (χ0v) is 19.6. The maximum atomic E-state index is 5.59. The monoisotopic (exact) mass is 418 g/mol. The number of para-hydroxylation sites is 2. The predicted molar refractivity (Wildman–Crippen MR) is 126 cm³/mol. The van der Waals surface area contributed by atoms with Crippen LogP contribution in [-0.4, -0.2) is 48.3 Å². The molecular formula is C22H30N2O2S2. The van der Waals surface area contributed by atoms with Crippen LogP contribution in [0.25, 0.3) is 0 Å². The Morgan fingerprint density at radius 3 is 1.07 bits per heavy atom. The molecular weight excluding hydrogens is 388 g/mol. The number of hydrogen-bond donors (Lipinski definition) is 0. The molecule has 0 heterocycles. The fraction of sp³-hybridized carbons (Fsp3) is 0.364. The number of aryl methyl sites for hydroxylation is 4. The van der Waals surface area contributed by atoms with Crippen molar-refractivity contribution in [1.82, 2.24) is 9.80 Å². The summed E-state index contributed by atoms with van der Waals surface area (Å²) in [6, 6.07) is 12.1. The summed E-state index contributed by atoms with van der Waals surface area (Å²) >= 11 is 10.2. The van der Waals surface area contributed by atoms with Crippen LogP contribution in [0.1, 0.15) is 22.3 Å². The van der Waals surface area contributed by atoms with Crippen LogP contribution in [0.5, 0.6) is 11.5 Å². The topological polar surface area (TPSA) is 24.9 Å². The van der Waals surface area contributed by atoms with E-state index in [-0.39, 0.29) is 0 Å². The Hall–Kier alpha value is -2.18. The van der Waals surface area contributed by atoms with E-state index in [0.29, 0.717) is 10.3 Å². The highest BCUT2D eigenvalue weighted by Crippen LogP contribution is 2.23. The molecule has 0 aliphatic rings. The Balaban J connectivity index is 0.000000280. The summed E-state index contributed by atoms with van der Waals surface area (Å²) in [6.45, 7) is 8.06. The normalized spacial score (nSPS) is 9.71. The Morgan fingerprint density at radius 1 is 0.607 bits per heavy atom. The third-order valence-corrected chi connectivity index (χ3v) is 4.82. The van der Waals surface area contributed by atoms with E-state index in [0.717, 1.165) is 33.8 Å². The largest absolute Gasteiger partial charge is 0.431 e. The van der Waals surface area contributed by atoms with Gasteiger partial charge in [0.05, 0.1) is 0 Å². The molecule has 6 heteroatoms. The molecule has 2 aromatic rings. The molecule has 0 saturated carbocycles. The molecule has 28 heavy (non-hydrogen) atoms. The second-order valence-corrected chi connectivity index (χ2v) is 7.67. The summed E-state index contributed by atoms with van der Waals surface area (Å²) in [7, 11) is 7.48. The lowest BCUT2D eigenvalue weighted by molar-refractivity contribution is 0.445. The van der Waals surface area contributed by atoms with E-state index in [1.54, 1.807) is 9.80 Å². The average Bonchev–Trinajstić information content (AvgIpc) is 2.61. The van der Waals surface area contributed by atoms with Gasteiger partial charge in [0, 0.05) is 28.2 Å². The number of rotatable bonds is 2. The summed E-state index contributed by atoms with van der Waals surface area (Å²) in [6.07, 6.45) is 0. The average molecular weight is 419 g/mol. The van der Waals surface area contributed by atoms with Crippen LogP contribution in [0.2, 0.25) is 0 Å². The molecule has 0 unspecified atom stereocenters. The van der Waals surface area contributed by atoms with Gasteiger partial charge in [-0.3, -0.25) is 0 Å². The number of ether oxygens (including phenoxy) is 2. The van der Waals surface area contributed by atoms with Crippen molar-refractivity contribution in [2.24, 2.45) is 0 Å². The minimum absolute atomic E-state index is 0.488. The number of benzene rings is 2. The van der Waals surface area contributed by atoms with Crippen molar-refractivity contribution in [1.29, 1.82) is 0 Å². The van der Waals surface area contributed by atoms with Gasteiger partial charge in [-0.2, -0.15) is 0 Å². The smallest absolute Gasteiger partial charge is 0.264 e. The van der Waals surface area contributed by atoms with Crippen molar-refractivity contribution in [3.05, 3.63) is 58.7 Å². The maximum absolute atomic E-state index is 5.59. The first kappa shape index (κ1) is 23.9. The van der Waals surface area contributed by atoms with Crippen molar-refractivity contribution in [2.45, 2.75) is 27.7 Å². The van der Waals surface area contributed by atoms with Crippen LogP contribution < -0.4 is 9.47 Å². The third-order valence-electron chi connectivity index (χ3n) is 3.93. The summed E-state index contributed by atoms with van der Waals surface area (Å²) < 4.78 is 11.2. The van der Waals surface area contributed by atoms with Crippen LogP contribution >= 0.6 is 24.4 Å². The lowest BCUT2D eigenvalue weighted by atomic mass is 10.1. The van der Waals surface area contributed by atoms with E-state index in [2.05, 4.69) is 0 Å². The molecule has 0 fully saturated rings. The highest BCUT2D eigenvalue weighted by Gasteiger charge is 2.08. The molecule has 0 N–H and O–H groups in total. The molecule has 0 bridgehead atoms. The zero-order chi connectivity index (χ0) is 21.4. The van der Waals surface area contributed by atoms with Gasteiger partial charge in [0.25, 0.3) is 10.3 Å². The molecule has 0 saturated heterocycles. The molecule has 0 aromatic heterocycles. The quantitative estimate of drug-likeness (QED) is 0.633. The van der Waals surface area contributed by atoms with Gasteiger partial charge in [-0.1, -0.05) is 36.4 Å². The zero-order valence-electron chi connectivity index (χ0n) is 18.0. The predicted octanol–water partition coefficient (Wildman–Crippen LogP) is 5.06. The highest BCUT2D eigenvalue weighted by atomic mass is 32.1. The SMILES string of the molecule is Cc1cccc(C)c1OC(=S)N(C)C.Cc1cccc(C)c1OC(=S)N(C)C. The Labute approximate surface area is 180 Å². The minimum Gasteiger partial charge on any atom is -0.431 e. The molecule has 0 atom stereocenters. The molecule has 0 aliphatic heterocycles. The van der Waals surface area contributed by atoms with Gasteiger partial charge in [0.1, 0.15) is 11.5 Å². The van der Waals surface area contributed by atoms with Crippen LogP contribution in [0, 0.1) is 27.7 Å². The number of thiocarbonyl (C=S) groups is 2. The fourth-order valence-corrected chi connectivity index (χ4v) is 2.44.